The van der Waals surface area contributed by atoms with Crippen molar-refractivity contribution in [2.24, 2.45) is 5.73 Å². The minimum atomic E-state index is 0.559. The van der Waals surface area contributed by atoms with E-state index in [-0.39, 0.29) is 0 Å². The van der Waals surface area contributed by atoms with Gasteiger partial charge in [0, 0.05) is 30.2 Å². The molecule has 0 heterocycles. The van der Waals surface area contributed by atoms with E-state index in [1.165, 1.54) is 34.9 Å². The van der Waals surface area contributed by atoms with Crippen molar-refractivity contribution >= 4 is 16.5 Å². The summed E-state index contributed by atoms with van der Waals surface area (Å²) >= 11 is 0. The summed E-state index contributed by atoms with van der Waals surface area (Å²) < 4.78 is 0. The number of nitrogens with zero attached hydrogens (tertiary/aromatic N) is 1. The molecule has 2 aromatic carbocycles. The second-order valence-corrected chi connectivity index (χ2v) is 5.80. The minimum absolute atomic E-state index is 0.559. The van der Waals surface area contributed by atoms with Gasteiger partial charge in [-0.25, -0.2) is 0 Å². The van der Waals surface area contributed by atoms with Crippen LogP contribution in [0.15, 0.2) is 36.4 Å². The molecule has 114 valence electrons. The van der Waals surface area contributed by atoms with Crippen molar-refractivity contribution in [2.75, 3.05) is 11.4 Å². The van der Waals surface area contributed by atoms with Gasteiger partial charge in [0.05, 0.1) is 0 Å². The Hall–Kier alpha value is -1.54. The van der Waals surface area contributed by atoms with Gasteiger partial charge in [0.25, 0.3) is 0 Å². The fraction of sp³-hybridized carbons (Fsp3) is 0.474. The number of unbranched alkanes of at least 4 members (excludes halogenated alkanes) is 1. The first-order valence-electron chi connectivity index (χ1n) is 8.20. The lowest BCUT2D eigenvalue weighted by Crippen LogP contribution is -2.33. The number of fused-ring (bicyclic) bond motifs is 1. The summed E-state index contributed by atoms with van der Waals surface area (Å²) in [5.74, 6) is 0. The first-order chi connectivity index (χ1) is 10.2. The van der Waals surface area contributed by atoms with Crippen LogP contribution in [0, 0.1) is 0 Å². The summed E-state index contributed by atoms with van der Waals surface area (Å²) in [6.45, 7) is 8.56. The average molecular weight is 284 g/mol. The minimum Gasteiger partial charge on any atom is -0.368 e. The molecule has 0 spiro atoms. The molecule has 0 amide bonds. The molecule has 0 bridgehead atoms. The number of hydrogen-bond acceptors (Lipinski definition) is 2. The number of benzene rings is 2. The summed E-state index contributed by atoms with van der Waals surface area (Å²) in [5.41, 5.74) is 8.48. The molecule has 0 saturated carbocycles. The molecule has 2 nitrogen and oxygen atoms in total. The Morgan fingerprint density at radius 1 is 1.05 bits per heavy atom. The Morgan fingerprint density at radius 3 is 2.38 bits per heavy atom. The normalized spacial score (nSPS) is 12.6. The molecule has 0 aliphatic heterocycles. The molecular weight excluding hydrogens is 256 g/mol. The van der Waals surface area contributed by atoms with E-state index in [0.29, 0.717) is 12.6 Å². The van der Waals surface area contributed by atoms with Gasteiger partial charge >= 0.3 is 0 Å². The first-order valence-corrected chi connectivity index (χ1v) is 8.20. The molecule has 0 aliphatic rings. The summed E-state index contributed by atoms with van der Waals surface area (Å²) in [6.07, 6.45) is 3.62. The van der Waals surface area contributed by atoms with Gasteiger partial charge in [0.15, 0.2) is 0 Å². The maximum atomic E-state index is 5.89. The maximum Gasteiger partial charge on any atom is 0.0448 e. The van der Waals surface area contributed by atoms with Crippen LogP contribution in [-0.4, -0.2) is 12.6 Å². The van der Waals surface area contributed by atoms with E-state index in [0.717, 1.165) is 13.0 Å². The highest BCUT2D eigenvalue weighted by atomic mass is 15.2. The van der Waals surface area contributed by atoms with Crippen molar-refractivity contribution in [2.45, 2.75) is 52.6 Å². The Labute approximate surface area is 128 Å². The van der Waals surface area contributed by atoms with Gasteiger partial charge in [-0.3, -0.25) is 0 Å². The van der Waals surface area contributed by atoms with E-state index < -0.39 is 0 Å². The third-order valence-corrected chi connectivity index (χ3v) is 4.40. The first kappa shape index (κ1) is 15.8. The molecule has 21 heavy (non-hydrogen) atoms. The van der Waals surface area contributed by atoms with Gasteiger partial charge in [-0.2, -0.15) is 0 Å². The lowest BCUT2D eigenvalue weighted by atomic mass is 10.0. The number of anilines is 1. The monoisotopic (exact) mass is 284 g/mol. The van der Waals surface area contributed by atoms with Crippen molar-refractivity contribution in [1.82, 2.24) is 0 Å². The molecule has 1 atom stereocenters. The van der Waals surface area contributed by atoms with Crippen LogP contribution < -0.4 is 10.6 Å². The highest BCUT2D eigenvalue weighted by Crippen LogP contribution is 2.31. The fourth-order valence-corrected chi connectivity index (χ4v) is 2.90. The van der Waals surface area contributed by atoms with E-state index in [4.69, 9.17) is 5.73 Å². The summed E-state index contributed by atoms with van der Waals surface area (Å²) in [5, 5.41) is 2.62. The molecule has 2 heteroatoms. The van der Waals surface area contributed by atoms with Crippen LogP contribution in [0.2, 0.25) is 0 Å². The van der Waals surface area contributed by atoms with Crippen molar-refractivity contribution in [3.05, 3.63) is 42.0 Å². The van der Waals surface area contributed by atoms with E-state index in [1.807, 2.05) is 0 Å². The van der Waals surface area contributed by atoms with E-state index in [9.17, 15) is 0 Å². The standard InChI is InChI=1S/C19H28N2/c1-4-6-13-21(15(3)5-2)19-12-11-16(14-20)17-9-7-8-10-18(17)19/h7-12,15H,4-6,13-14,20H2,1-3H3. The molecule has 0 aromatic heterocycles. The fourth-order valence-electron chi connectivity index (χ4n) is 2.90. The largest absolute Gasteiger partial charge is 0.368 e. The molecule has 0 saturated heterocycles. The SMILES string of the molecule is CCCCN(c1ccc(CN)c2ccccc12)C(C)CC. The summed E-state index contributed by atoms with van der Waals surface area (Å²) in [4.78, 5) is 2.56. The third kappa shape index (κ3) is 3.38. The van der Waals surface area contributed by atoms with Gasteiger partial charge in [-0.05, 0) is 36.8 Å². The number of rotatable bonds is 7. The van der Waals surface area contributed by atoms with Gasteiger partial charge in [-0.1, -0.05) is 50.6 Å². The third-order valence-electron chi connectivity index (χ3n) is 4.40. The van der Waals surface area contributed by atoms with Gasteiger partial charge in [-0.15, -0.1) is 0 Å². The zero-order valence-corrected chi connectivity index (χ0v) is 13.6. The smallest absolute Gasteiger partial charge is 0.0448 e. The van der Waals surface area contributed by atoms with Crippen LogP contribution in [0.3, 0.4) is 0 Å². The second kappa shape index (κ2) is 7.46. The van der Waals surface area contributed by atoms with Crippen LogP contribution >= 0.6 is 0 Å². The molecular formula is C19H28N2. The highest BCUT2D eigenvalue weighted by molar-refractivity contribution is 5.96. The Kier molecular flexibility index (Phi) is 5.63. The molecule has 2 aromatic rings. The Morgan fingerprint density at radius 2 is 1.76 bits per heavy atom. The Balaban J connectivity index is 2.52. The van der Waals surface area contributed by atoms with E-state index in [1.54, 1.807) is 0 Å². The van der Waals surface area contributed by atoms with Crippen molar-refractivity contribution in [3.63, 3.8) is 0 Å². The lowest BCUT2D eigenvalue weighted by Gasteiger charge is -2.32. The number of hydrogen-bond donors (Lipinski definition) is 1. The van der Waals surface area contributed by atoms with Crippen molar-refractivity contribution in [1.29, 1.82) is 0 Å². The average Bonchev–Trinajstić information content (AvgIpc) is 2.54. The molecule has 0 fully saturated rings. The van der Waals surface area contributed by atoms with E-state index in [2.05, 4.69) is 62.1 Å². The lowest BCUT2D eigenvalue weighted by molar-refractivity contribution is 0.597. The quantitative estimate of drug-likeness (QED) is 0.798. The van der Waals surface area contributed by atoms with E-state index >= 15 is 0 Å². The second-order valence-electron chi connectivity index (χ2n) is 5.80. The topological polar surface area (TPSA) is 29.3 Å². The van der Waals surface area contributed by atoms with Crippen LogP contribution in [0.1, 0.15) is 45.6 Å². The molecule has 2 rings (SSSR count). The van der Waals surface area contributed by atoms with Gasteiger partial charge in [0.2, 0.25) is 0 Å². The van der Waals surface area contributed by atoms with Gasteiger partial charge in [0.1, 0.15) is 0 Å². The molecule has 0 radical (unpaired) electrons. The molecule has 2 N–H and O–H groups in total. The summed E-state index contributed by atoms with van der Waals surface area (Å²) in [7, 11) is 0. The van der Waals surface area contributed by atoms with Crippen molar-refractivity contribution in [3.8, 4) is 0 Å². The predicted molar refractivity (Wildman–Crippen MR) is 93.8 cm³/mol. The van der Waals surface area contributed by atoms with Gasteiger partial charge < -0.3 is 10.6 Å². The maximum absolute atomic E-state index is 5.89. The molecule has 0 aliphatic carbocycles. The zero-order valence-electron chi connectivity index (χ0n) is 13.6. The van der Waals surface area contributed by atoms with Crippen molar-refractivity contribution < 1.29 is 0 Å². The predicted octanol–water partition coefficient (Wildman–Crippen LogP) is 4.70. The van der Waals surface area contributed by atoms with Crippen LogP contribution in [0.5, 0.6) is 0 Å². The number of nitrogens with two attached hydrogens (primary N) is 1. The zero-order chi connectivity index (χ0) is 15.2. The molecule has 1 unspecified atom stereocenters. The Bertz CT molecular complexity index is 577. The van der Waals surface area contributed by atoms with Crippen LogP contribution in [0.4, 0.5) is 5.69 Å². The van der Waals surface area contributed by atoms with Crippen LogP contribution in [0.25, 0.3) is 10.8 Å². The van der Waals surface area contributed by atoms with Crippen LogP contribution in [-0.2, 0) is 6.54 Å². The highest BCUT2D eigenvalue weighted by Gasteiger charge is 2.15. The summed E-state index contributed by atoms with van der Waals surface area (Å²) in [6, 6.07) is 13.7.